The molecule has 0 aliphatic heterocycles. The third kappa shape index (κ3) is 5.52. The average Bonchev–Trinajstić information content (AvgIpc) is 3.20. The number of Topliss-reactive ketones (excluding diaryl/α,β-unsaturated/α-hetero) is 1. The Bertz CT molecular complexity index is 888. The summed E-state index contributed by atoms with van der Waals surface area (Å²) in [6, 6.07) is 9.53. The second kappa shape index (κ2) is 9.79. The third-order valence-electron chi connectivity index (χ3n) is 5.64. The number of aliphatic hydroxyl groups is 1. The topological polar surface area (TPSA) is 74.6 Å². The SMILES string of the molecule is O=C(O)CCCCCC[C@H]1C(=O)CC(F)(F)[C@H]1C=C[C@@H](O)c1cc2ccccc2s1. The normalized spacial score (nSPS) is 22.2. The van der Waals surface area contributed by atoms with E-state index >= 15 is 0 Å². The average molecular weight is 437 g/mol. The third-order valence-corrected chi connectivity index (χ3v) is 6.82. The Hall–Kier alpha value is -2.12. The molecule has 0 unspecified atom stereocenters. The zero-order valence-corrected chi connectivity index (χ0v) is 17.4. The Morgan fingerprint density at radius 3 is 2.70 bits per heavy atom. The minimum Gasteiger partial charge on any atom is -0.481 e. The minimum atomic E-state index is -3.11. The van der Waals surface area contributed by atoms with Crippen molar-refractivity contribution in [2.24, 2.45) is 11.8 Å². The van der Waals surface area contributed by atoms with Crippen LogP contribution in [-0.4, -0.2) is 27.9 Å². The molecule has 0 radical (unpaired) electrons. The monoisotopic (exact) mass is 436 g/mol. The van der Waals surface area contributed by atoms with E-state index in [2.05, 4.69) is 0 Å². The van der Waals surface area contributed by atoms with Gasteiger partial charge < -0.3 is 10.2 Å². The van der Waals surface area contributed by atoms with Crippen LogP contribution in [0.2, 0.25) is 0 Å². The highest BCUT2D eigenvalue weighted by molar-refractivity contribution is 7.19. The summed E-state index contributed by atoms with van der Waals surface area (Å²) in [6.07, 6.45) is 3.96. The van der Waals surface area contributed by atoms with Crippen LogP contribution in [0.3, 0.4) is 0 Å². The van der Waals surface area contributed by atoms with E-state index in [1.807, 2.05) is 30.3 Å². The maximum atomic E-state index is 14.4. The number of fused-ring (bicyclic) bond motifs is 1. The first-order chi connectivity index (χ1) is 14.3. The summed E-state index contributed by atoms with van der Waals surface area (Å²) in [7, 11) is 0. The van der Waals surface area contributed by atoms with Gasteiger partial charge in [-0.3, -0.25) is 9.59 Å². The molecule has 1 aromatic carbocycles. The van der Waals surface area contributed by atoms with Crippen LogP contribution in [0.4, 0.5) is 8.78 Å². The highest BCUT2D eigenvalue weighted by Crippen LogP contribution is 2.45. The highest BCUT2D eigenvalue weighted by atomic mass is 32.1. The lowest BCUT2D eigenvalue weighted by Crippen LogP contribution is -2.24. The van der Waals surface area contributed by atoms with Crippen LogP contribution in [0.15, 0.2) is 42.5 Å². The smallest absolute Gasteiger partial charge is 0.303 e. The predicted octanol–water partition coefficient (Wildman–Crippen LogP) is 5.76. The van der Waals surface area contributed by atoms with Crippen LogP contribution in [-0.2, 0) is 9.59 Å². The van der Waals surface area contributed by atoms with Gasteiger partial charge in [-0.05, 0) is 30.4 Å². The van der Waals surface area contributed by atoms with E-state index in [0.717, 1.165) is 10.1 Å². The maximum Gasteiger partial charge on any atom is 0.303 e. The van der Waals surface area contributed by atoms with Crippen molar-refractivity contribution in [3.8, 4) is 0 Å². The van der Waals surface area contributed by atoms with Gasteiger partial charge in [-0.15, -0.1) is 11.3 Å². The molecule has 30 heavy (non-hydrogen) atoms. The van der Waals surface area contributed by atoms with Crippen LogP contribution in [0.25, 0.3) is 10.1 Å². The number of carbonyl (C=O) groups is 2. The van der Waals surface area contributed by atoms with Gasteiger partial charge in [0.2, 0.25) is 0 Å². The molecule has 1 aliphatic rings. The number of rotatable bonds is 10. The van der Waals surface area contributed by atoms with Crippen molar-refractivity contribution in [2.75, 3.05) is 0 Å². The molecule has 162 valence electrons. The lowest BCUT2D eigenvalue weighted by Gasteiger charge is -2.20. The standard InChI is InChI=1S/C23H26F2O4S/c24-23(25)14-19(27)16(8-3-1-2-4-10-22(28)29)17(23)11-12-18(26)21-13-15-7-5-6-9-20(15)30-21/h5-7,9,11-13,16-18,26H,1-4,8,10,14H2,(H,28,29)/t16-,17+,18-/m1/s1. The van der Waals surface area contributed by atoms with E-state index in [1.54, 1.807) is 0 Å². The number of alkyl halides is 2. The minimum absolute atomic E-state index is 0.0986. The van der Waals surface area contributed by atoms with Gasteiger partial charge >= 0.3 is 5.97 Å². The molecule has 0 saturated heterocycles. The number of carboxylic acid groups (broad SMARTS) is 1. The number of hydrogen-bond acceptors (Lipinski definition) is 4. The number of aliphatic hydroxyl groups excluding tert-OH is 1. The fourth-order valence-corrected chi connectivity index (χ4v) is 5.08. The Balaban J connectivity index is 1.61. The van der Waals surface area contributed by atoms with E-state index in [0.29, 0.717) is 37.0 Å². The number of thiophene rings is 1. The highest BCUT2D eigenvalue weighted by Gasteiger charge is 2.53. The van der Waals surface area contributed by atoms with Crippen LogP contribution in [0.5, 0.6) is 0 Å². The van der Waals surface area contributed by atoms with E-state index in [-0.39, 0.29) is 6.42 Å². The van der Waals surface area contributed by atoms with E-state index in [9.17, 15) is 23.5 Å². The number of ketones is 1. The molecule has 1 fully saturated rings. The quantitative estimate of drug-likeness (QED) is 0.367. The number of carbonyl (C=O) groups excluding carboxylic acids is 1. The van der Waals surface area contributed by atoms with Crippen molar-refractivity contribution < 1.29 is 28.6 Å². The van der Waals surface area contributed by atoms with Crippen molar-refractivity contribution in [3.63, 3.8) is 0 Å². The molecule has 1 aromatic heterocycles. The van der Waals surface area contributed by atoms with Crippen molar-refractivity contribution >= 4 is 33.2 Å². The number of halogens is 2. The molecule has 7 heteroatoms. The molecule has 3 rings (SSSR count). The second-order valence-electron chi connectivity index (χ2n) is 7.90. The van der Waals surface area contributed by atoms with Crippen molar-refractivity contribution in [3.05, 3.63) is 47.4 Å². The number of unbranched alkanes of at least 4 members (excludes halogenated alkanes) is 3. The summed E-state index contributed by atoms with van der Waals surface area (Å²) in [5.74, 6) is -6.36. The van der Waals surface area contributed by atoms with E-state index in [1.165, 1.54) is 23.5 Å². The zero-order chi connectivity index (χ0) is 21.7. The molecule has 0 spiro atoms. The van der Waals surface area contributed by atoms with Crippen LogP contribution in [0, 0.1) is 11.8 Å². The Kier molecular flexibility index (Phi) is 7.36. The Labute approximate surface area is 178 Å². The number of hydrogen-bond donors (Lipinski definition) is 2. The van der Waals surface area contributed by atoms with Gasteiger partial charge in [0.15, 0.2) is 0 Å². The summed E-state index contributed by atoms with van der Waals surface area (Å²) < 4.78 is 29.9. The molecule has 1 saturated carbocycles. The van der Waals surface area contributed by atoms with Gasteiger partial charge in [0.05, 0.1) is 12.3 Å². The van der Waals surface area contributed by atoms with Gasteiger partial charge in [-0.2, -0.15) is 0 Å². The van der Waals surface area contributed by atoms with Gasteiger partial charge in [0.25, 0.3) is 5.92 Å². The molecule has 2 N–H and O–H groups in total. The van der Waals surface area contributed by atoms with Gasteiger partial charge in [-0.25, -0.2) is 8.78 Å². The van der Waals surface area contributed by atoms with Crippen LogP contribution >= 0.6 is 11.3 Å². The first-order valence-electron chi connectivity index (χ1n) is 10.2. The summed E-state index contributed by atoms with van der Waals surface area (Å²) in [4.78, 5) is 23.4. The molecule has 0 amide bonds. The van der Waals surface area contributed by atoms with E-state index in [4.69, 9.17) is 5.11 Å². The van der Waals surface area contributed by atoms with E-state index < -0.39 is 42.0 Å². The van der Waals surface area contributed by atoms with Crippen LogP contribution < -0.4 is 0 Å². The molecular weight excluding hydrogens is 410 g/mol. The largest absolute Gasteiger partial charge is 0.481 e. The fraction of sp³-hybridized carbons (Fsp3) is 0.478. The lowest BCUT2D eigenvalue weighted by atomic mass is 9.88. The summed E-state index contributed by atoms with van der Waals surface area (Å²) in [6.45, 7) is 0. The molecule has 2 aromatic rings. The molecule has 4 nitrogen and oxygen atoms in total. The van der Waals surface area contributed by atoms with Crippen molar-refractivity contribution in [1.82, 2.24) is 0 Å². The van der Waals surface area contributed by atoms with Gasteiger partial charge in [-0.1, -0.05) is 49.6 Å². The number of carboxylic acids is 1. The summed E-state index contributed by atoms with van der Waals surface area (Å²) in [5, 5.41) is 20.1. The lowest BCUT2D eigenvalue weighted by molar-refractivity contribution is -0.137. The first kappa shape index (κ1) is 22.6. The van der Waals surface area contributed by atoms with Crippen molar-refractivity contribution in [2.45, 2.75) is 57.0 Å². The van der Waals surface area contributed by atoms with Gasteiger partial charge in [0.1, 0.15) is 11.9 Å². The second-order valence-corrected chi connectivity index (χ2v) is 9.01. The molecule has 1 heterocycles. The fourth-order valence-electron chi connectivity index (χ4n) is 4.05. The number of aliphatic carboxylic acids is 1. The van der Waals surface area contributed by atoms with Gasteiger partial charge in [0, 0.05) is 21.9 Å². The zero-order valence-electron chi connectivity index (χ0n) is 16.6. The first-order valence-corrected chi connectivity index (χ1v) is 11.1. The molecule has 0 bridgehead atoms. The number of allylic oxidation sites excluding steroid dienone is 1. The Morgan fingerprint density at radius 1 is 1.23 bits per heavy atom. The number of benzene rings is 1. The molecule has 3 atom stereocenters. The van der Waals surface area contributed by atoms with Crippen LogP contribution in [0.1, 0.15) is 55.9 Å². The molecular formula is C23H26F2O4S. The van der Waals surface area contributed by atoms with Crippen molar-refractivity contribution in [1.29, 1.82) is 0 Å². The summed E-state index contributed by atoms with van der Waals surface area (Å²) in [5.41, 5.74) is 0. The maximum absolute atomic E-state index is 14.4. The molecule has 1 aliphatic carbocycles. The summed E-state index contributed by atoms with van der Waals surface area (Å²) >= 11 is 1.42. The Morgan fingerprint density at radius 2 is 1.97 bits per heavy atom. The predicted molar refractivity (Wildman–Crippen MR) is 113 cm³/mol.